The molecule has 2 aromatic heterocycles. The van der Waals surface area contributed by atoms with Gasteiger partial charge in [0.15, 0.2) is 6.61 Å². The van der Waals surface area contributed by atoms with Gasteiger partial charge < -0.3 is 13.6 Å². The summed E-state index contributed by atoms with van der Waals surface area (Å²) in [7, 11) is 0. The fourth-order valence-corrected chi connectivity index (χ4v) is 2.64. The average Bonchev–Trinajstić information content (AvgIpc) is 3.35. The summed E-state index contributed by atoms with van der Waals surface area (Å²) in [6.45, 7) is 1.67. The Hall–Kier alpha value is -3.74. The number of rotatable bonds is 6. The molecule has 7 nitrogen and oxygen atoms in total. The molecule has 2 aromatic carbocycles. The fraction of sp³-hybridized carbons (Fsp3) is 0.143. The molecule has 0 unspecified atom stereocenters. The maximum absolute atomic E-state index is 12.2. The zero-order chi connectivity index (χ0) is 19.3. The van der Waals surface area contributed by atoms with Crippen molar-refractivity contribution < 1.29 is 18.4 Å². The van der Waals surface area contributed by atoms with Crippen molar-refractivity contribution in [2.75, 3.05) is 0 Å². The van der Waals surface area contributed by atoms with E-state index < -0.39 is 5.97 Å². The zero-order valence-corrected chi connectivity index (χ0v) is 15.2. The van der Waals surface area contributed by atoms with Crippen molar-refractivity contribution in [1.29, 1.82) is 0 Å². The van der Waals surface area contributed by atoms with E-state index >= 15 is 0 Å². The Morgan fingerprint density at radius 3 is 2.21 bits per heavy atom. The molecule has 2 heterocycles. The van der Waals surface area contributed by atoms with Gasteiger partial charge in [-0.25, -0.2) is 4.98 Å². The van der Waals surface area contributed by atoms with Gasteiger partial charge in [0.05, 0.1) is 12.1 Å². The minimum Gasteiger partial charge on any atom is -0.455 e. The number of aromatic nitrogens is 3. The Morgan fingerprint density at radius 1 is 0.893 bits per heavy atom. The highest BCUT2D eigenvalue weighted by Gasteiger charge is 2.17. The number of hydrogen-bond acceptors (Lipinski definition) is 7. The summed E-state index contributed by atoms with van der Waals surface area (Å²) in [6, 6.07) is 18.9. The first kappa shape index (κ1) is 17.7. The molecule has 7 heteroatoms. The summed E-state index contributed by atoms with van der Waals surface area (Å²) >= 11 is 0. The molecule has 0 atom stereocenters. The van der Waals surface area contributed by atoms with Crippen molar-refractivity contribution >= 4 is 5.97 Å². The lowest BCUT2D eigenvalue weighted by atomic mass is 10.2. The lowest BCUT2D eigenvalue weighted by Gasteiger charge is -2.00. The second-order valence-electron chi connectivity index (χ2n) is 6.09. The average molecular weight is 375 g/mol. The second-order valence-corrected chi connectivity index (χ2v) is 6.09. The van der Waals surface area contributed by atoms with E-state index in [1.807, 2.05) is 60.7 Å². The molecule has 0 amide bonds. The van der Waals surface area contributed by atoms with Gasteiger partial charge in [-0.2, -0.15) is 0 Å². The normalized spacial score (nSPS) is 10.8. The molecule has 4 aromatic rings. The van der Waals surface area contributed by atoms with Crippen molar-refractivity contribution in [1.82, 2.24) is 15.2 Å². The van der Waals surface area contributed by atoms with Gasteiger partial charge >= 0.3 is 5.97 Å². The topological polar surface area (TPSA) is 91.2 Å². The van der Waals surface area contributed by atoms with Crippen LogP contribution in [0.5, 0.6) is 0 Å². The largest absolute Gasteiger partial charge is 0.455 e. The number of ether oxygens (including phenoxy) is 1. The van der Waals surface area contributed by atoms with Gasteiger partial charge in [-0.1, -0.05) is 36.4 Å². The molecule has 28 heavy (non-hydrogen) atoms. The molecule has 0 radical (unpaired) electrons. The number of hydrogen-bond donors (Lipinski definition) is 0. The number of carbonyl (C=O) groups is 1. The van der Waals surface area contributed by atoms with Gasteiger partial charge in [0.25, 0.3) is 5.89 Å². The lowest BCUT2D eigenvalue weighted by molar-refractivity contribution is -0.144. The molecule has 0 aliphatic heterocycles. The van der Waals surface area contributed by atoms with Crippen molar-refractivity contribution in [3.8, 4) is 22.9 Å². The molecule has 4 rings (SSSR count). The Labute approximate surface area is 161 Å². The minimum atomic E-state index is -0.449. The lowest BCUT2D eigenvalue weighted by Crippen LogP contribution is -2.09. The van der Waals surface area contributed by atoms with Crippen LogP contribution in [0.25, 0.3) is 22.9 Å². The van der Waals surface area contributed by atoms with Crippen LogP contribution in [0.2, 0.25) is 0 Å². The summed E-state index contributed by atoms with van der Waals surface area (Å²) in [5, 5.41) is 7.87. The smallest absolute Gasteiger partial charge is 0.312 e. The first-order valence-corrected chi connectivity index (χ1v) is 8.74. The van der Waals surface area contributed by atoms with Gasteiger partial charge in [0.1, 0.15) is 5.76 Å². The molecule has 0 aliphatic rings. The highest BCUT2D eigenvalue weighted by atomic mass is 16.5. The summed E-state index contributed by atoms with van der Waals surface area (Å²) in [6.07, 6.45) is 0.00183. The summed E-state index contributed by atoms with van der Waals surface area (Å²) in [5.41, 5.74) is 2.20. The Bertz CT molecular complexity index is 1070. The molecule has 0 N–H and O–H groups in total. The Kier molecular flexibility index (Phi) is 4.97. The van der Waals surface area contributed by atoms with Gasteiger partial charge in [-0.15, -0.1) is 10.2 Å². The van der Waals surface area contributed by atoms with Crippen LogP contribution in [0.1, 0.15) is 17.3 Å². The van der Waals surface area contributed by atoms with Gasteiger partial charge in [0, 0.05) is 11.1 Å². The van der Waals surface area contributed by atoms with E-state index in [0.717, 1.165) is 11.1 Å². The predicted molar refractivity (Wildman–Crippen MR) is 99.9 cm³/mol. The van der Waals surface area contributed by atoms with E-state index in [0.29, 0.717) is 23.2 Å². The number of oxazole rings is 1. The quantitative estimate of drug-likeness (QED) is 0.471. The van der Waals surface area contributed by atoms with E-state index in [2.05, 4.69) is 15.2 Å². The van der Waals surface area contributed by atoms with Crippen molar-refractivity contribution in [2.45, 2.75) is 20.0 Å². The summed E-state index contributed by atoms with van der Waals surface area (Å²) in [4.78, 5) is 16.6. The zero-order valence-electron chi connectivity index (χ0n) is 15.2. The number of carbonyl (C=O) groups excluding carboxylic acids is 1. The third-order valence-corrected chi connectivity index (χ3v) is 4.07. The van der Waals surface area contributed by atoms with Crippen molar-refractivity contribution in [2.24, 2.45) is 0 Å². The van der Waals surface area contributed by atoms with Crippen molar-refractivity contribution in [3.63, 3.8) is 0 Å². The van der Waals surface area contributed by atoms with Crippen LogP contribution in [0, 0.1) is 6.92 Å². The maximum Gasteiger partial charge on any atom is 0.312 e. The predicted octanol–water partition coefficient (Wildman–Crippen LogP) is 3.99. The van der Waals surface area contributed by atoms with Crippen molar-refractivity contribution in [3.05, 3.63) is 78.0 Å². The third kappa shape index (κ3) is 3.98. The van der Waals surface area contributed by atoms with Crippen LogP contribution in [-0.4, -0.2) is 21.2 Å². The van der Waals surface area contributed by atoms with E-state index in [1.54, 1.807) is 6.92 Å². The molecule has 140 valence electrons. The van der Waals surface area contributed by atoms with E-state index in [9.17, 15) is 4.79 Å². The molecule has 0 bridgehead atoms. The second kappa shape index (κ2) is 7.87. The number of esters is 1. The number of aryl methyl sites for hydroxylation is 1. The Morgan fingerprint density at radius 2 is 1.54 bits per heavy atom. The van der Waals surface area contributed by atoms with Gasteiger partial charge in [-0.05, 0) is 31.2 Å². The van der Waals surface area contributed by atoms with Crippen LogP contribution >= 0.6 is 0 Å². The van der Waals surface area contributed by atoms with Gasteiger partial charge in [0.2, 0.25) is 11.8 Å². The minimum absolute atomic E-state index is 0.00183. The van der Waals surface area contributed by atoms with E-state index in [-0.39, 0.29) is 18.9 Å². The molecule has 0 aliphatic carbocycles. The first-order chi connectivity index (χ1) is 13.7. The molecular weight excluding hydrogens is 358 g/mol. The van der Waals surface area contributed by atoms with E-state index in [4.69, 9.17) is 13.6 Å². The monoisotopic (exact) mass is 375 g/mol. The molecule has 0 saturated carbocycles. The van der Waals surface area contributed by atoms with Crippen LogP contribution in [0.15, 0.2) is 69.5 Å². The Balaban J connectivity index is 1.37. The van der Waals surface area contributed by atoms with Crippen LogP contribution in [0.4, 0.5) is 0 Å². The third-order valence-electron chi connectivity index (χ3n) is 4.07. The maximum atomic E-state index is 12.2. The molecule has 0 spiro atoms. The van der Waals surface area contributed by atoms with Crippen LogP contribution < -0.4 is 0 Å². The highest BCUT2D eigenvalue weighted by molar-refractivity contribution is 5.72. The standard InChI is InChI=1S/C21H17N3O4/c1-14-17(22-20(27-14)15-8-4-2-5-9-15)12-19(25)26-13-18-23-24-21(28-18)16-10-6-3-7-11-16/h2-11H,12-13H2,1H3. The summed E-state index contributed by atoms with van der Waals surface area (Å²) < 4.78 is 16.4. The number of nitrogens with zero attached hydrogens (tertiary/aromatic N) is 3. The highest BCUT2D eigenvalue weighted by Crippen LogP contribution is 2.22. The van der Waals surface area contributed by atoms with Crippen LogP contribution in [0.3, 0.4) is 0 Å². The van der Waals surface area contributed by atoms with Gasteiger partial charge in [-0.3, -0.25) is 4.79 Å². The number of benzene rings is 2. The molecule has 0 saturated heterocycles. The molecular formula is C21H17N3O4. The van der Waals surface area contributed by atoms with E-state index in [1.165, 1.54) is 0 Å². The summed E-state index contributed by atoms with van der Waals surface area (Å²) in [5.74, 6) is 1.22. The van der Waals surface area contributed by atoms with Crippen LogP contribution in [-0.2, 0) is 22.6 Å². The first-order valence-electron chi connectivity index (χ1n) is 8.74. The SMILES string of the molecule is Cc1oc(-c2ccccc2)nc1CC(=O)OCc1nnc(-c2ccccc2)o1. The molecule has 0 fully saturated rings. The fourth-order valence-electron chi connectivity index (χ4n) is 2.64.